The summed E-state index contributed by atoms with van der Waals surface area (Å²) >= 11 is 1.77. The first-order valence-electron chi connectivity index (χ1n) is 7.30. The number of aliphatic imine (C=N–C) groups is 2. The molecule has 3 heteroatoms. The monoisotopic (exact) mass is 286 g/mol. The fraction of sp³-hybridized carbons (Fsp3) is 0.412. The quantitative estimate of drug-likeness (QED) is 0.487. The zero-order chi connectivity index (χ0) is 14.2. The SMILES string of the molecule is C=CCSC1=Nc2ccccc2N=C(CCCCC)C1. The topological polar surface area (TPSA) is 24.7 Å². The molecule has 1 aromatic carbocycles. The summed E-state index contributed by atoms with van der Waals surface area (Å²) in [5, 5.41) is 1.16. The maximum absolute atomic E-state index is 4.83. The molecule has 0 bridgehead atoms. The molecule has 2 rings (SSSR count). The smallest absolute Gasteiger partial charge is 0.0895 e. The van der Waals surface area contributed by atoms with Crippen LogP contribution >= 0.6 is 11.8 Å². The summed E-state index contributed by atoms with van der Waals surface area (Å²) in [5.41, 5.74) is 3.26. The normalized spacial score (nSPS) is 14.1. The van der Waals surface area contributed by atoms with Crippen LogP contribution in [0.4, 0.5) is 11.4 Å². The van der Waals surface area contributed by atoms with Crippen molar-refractivity contribution in [3.8, 4) is 0 Å². The van der Waals surface area contributed by atoms with E-state index in [-0.39, 0.29) is 0 Å². The van der Waals surface area contributed by atoms with Crippen molar-refractivity contribution in [3.63, 3.8) is 0 Å². The van der Waals surface area contributed by atoms with E-state index < -0.39 is 0 Å². The highest BCUT2D eigenvalue weighted by atomic mass is 32.2. The molecule has 20 heavy (non-hydrogen) atoms. The molecule has 0 aliphatic carbocycles. The average Bonchev–Trinajstić information content (AvgIpc) is 2.64. The lowest BCUT2D eigenvalue weighted by Gasteiger charge is -2.05. The van der Waals surface area contributed by atoms with Crippen LogP contribution < -0.4 is 0 Å². The molecule has 1 heterocycles. The van der Waals surface area contributed by atoms with Gasteiger partial charge in [0.15, 0.2) is 0 Å². The Bertz CT molecular complexity index is 517. The van der Waals surface area contributed by atoms with Gasteiger partial charge in [0.2, 0.25) is 0 Å². The summed E-state index contributed by atoms with van der Waals surface area (Å²) < 4.78 is 0. The average molecular weight is 286 g/mol. The number of thioether (sulfide) groups is 1. The van der Waals surface area contributed by atoms with E-state index in [1.165, 1.54) is 25.0 Å². The van der Waals surface area contributed by atoms with Crippen LogP contribution in [-0.2, 0) is 0 Å². The Morgan fingerprint density at radius 2 is 1.95 bits per heavy atom. The van der Waals surface area contributed by atoms with Gasteiger partial charge >= 0.3 is 0 Å². The Morgan fingerprint density at radius 1 is 1.20 bits per heavy atom. The molecule has 0 spiro atoms. The highest BCUT2D eigenvalue weighted by Crippen LogP contribution is 2.32. The second kappa shape index (κ2) is 8.05. The molecule has 2 nitrogen and oxygen atoms in total. The van der Waals surface area contributed by atoms with Gasteiger partial charge in [0.1, 0.15) is 0 Å². The Hall–Kier alpha value is -1.35. The minimum atomic E-state index is 0.886. The van der Waals surface area contributed by atoms with E-state index >= 15 is 0 Å². The Morgan fingerprint density at radius 3 is 2.65 bits per heavy atom. The molecule has 0 atom stereocenters. The third-order valence-electron chi connectivity index (χ3n) is 3.20. The van der Waals surface area contributed by atoms with Crippen LogP contribution in [-0.4, -0.2) is 16.5 Å². The first-order valence-corrected chi connectivity index (χ1v) is 8.28. The van der Waals surface area contributed by atoms with E-state index in [1.807, 2.05) is 24.3 Å². The summed E-state index contributed by atoms with van der Waals surface area (Å²) in [7, 11) is 0. The van der Waals surface area contributed by atoms with Crippen LogP contribution in [0.25, 0.3) is 0 Å². The van der Waals surface area contributed by atoms with Crippen molar-refractivity contribution in [2.75, 3.05) is 5.75 Å². The van der Waals surface area contributed by atoms with Crippen molar-refractivity contribution in [1.29, 1.82) is 0 Å². The highest BCUT2D eigenvalue weighted by molar-refractivity contribution is 8.14. The van der Waals surface area contributed by atoms with Crippen molar-refractivity contribution in [1.82, 2.24) is 0 Å². The summed E-state index contributed by atoms with van der Waals surface area (Å²) in [4.78, 5) is 9.60. The van der Waals surface area contributed by atoms with Crippen molar-refractivity contribution >= 4 is 33.9 Å². The number of unbranched alkanes of at least 4 members (excludes halogenated alkanes) is 2. The fourth-order valence-electron chi connectivity index (χ4n) is 2.17. The maximum Gasteiger partial charge on any atom is 0.0895 e. The van der Waals surface area contributed by atoms with Crippen molar-refractivity contribution < 1.29 is 0 Å². The zero-order valence-electron chi connectivity index (χ0n) is 12.1. The lowest BCUT2D eigenvalue weighted by molar-refractivity contribution is 0.740. The first-order chi connectivity index (χ1) is 9.83. The molecule has 1 aromatic rings. The van der Waals surface area contributed by atoms with Gasteiger partial charge in [0.25, 0.3) is 0 Å². The van der Waals surface area contributed by atoms with Crippen LogP contribution in [0.2, 0.25) is 0 Å². The summed E-state index contributed by atoms with van der Waals surface area (Å²) in [6.07, 6.45) is 7.63. The molecule has 0 radical (unpaired) electrons. The molecular weight excluding hydrogens is 264 g/mol. The van der Waals surface area contributed by atoms with Crippen LogP contribution in [0.15, 0.2) is 46.9 Å². The number of hydrogen-bond donors (Lipinski definition) is 0. The van der Waals surface area contributed by atoms with Crippen molar-refractivity contribution in [3.05, 3.63) is 36.9 Å². The van der Waals surface area contributed by atoms with Gasteiger partial charge in [-0.05, 0) is 25.0 Å². The third-order valence-corrected chi connectivity index (χ3v) is 4.17. The molecule has 0 fully saturated rings. The van der Waals surface area contributed by atoms with E-state index in [4.69, 9.17) is 9.98 Å². The van der Waals surface area contributed by atoms with Gasteiger partial charge in [-0.1, -0.05) is 38.0 Å². The third kappa shape index (κ3) is 4.34. The van der Waals surface area contributed by atoms with E-state index in [0.29, 0.717) is 0 Å². The van der Waals surface area contributed by atoms with Crippen molar-refractivity contribution in [2.24, 2.45) is 9.98 Å². The van der Waals surface area contributed by atoms with Gasteiger partial charge in [-0.2, -0.15) is 0 Å². The second-order valence-corrected chi connectivity index (χ2v) is 6.00. The molecule has 1 aliphatic rings. The first kappa shape index (κ1) is 15.0. The molecule has 0 saturated carbocycles. The van der Waals surface area contributed by atoms with Gasteiger partial charge in [0.05, 0.1) is 16.4 Å². The zero-order valence-corrected chi connectivity index (χ0v) is 13.0. The summed E-state index contributed by atoms with van der Waals surface area (Å²) in [6, 6.07) is 8.15. The summed E-state index contributed by atoms with van der Waals surface area (Å²) in [6.45, 7) is 6.02. The Kier molecular flexibility index (Phi) is 6.06. The lowest BCUT2D eigenvalue weighted by Crippen LogP contribution is -2.04. The van der Waals surface area contributed by atoms with E-state index in [1.54, 1.807) is 11.8 Å². The predicted molar refractivity (Wildman–Crippen MR) is 92.0 cm³/mol. The van der Waals surface area contributed by atoms with E-state index in [2.05, 4.69) is 19.6 Å². The molecule has 0 N–H and O–H groups in total. The van der Waals surface area contributed by atoms with Gasteiger partial charge in [-0.15, -0.1) is 18.3 Å². The van der Waals surface area contributed by atoms with Crippen LogP contribution in [0, 0.1) is 0 Å². The number of hydrogen-bond acceptors (Lipinski definition) is 3. The molecule has 106 valence electrons. The van der Waals surface area contributed by atoms with Gasteiger partial charge in [0, 0.05) is 17.9 Å². The fourth-order valence-corrected chi connectivity index (χ4v) is 2.92. The van der Waals surface area contributed by atoms with Gasteiger partial charge in [-0.3, -0.25) is 4.99 Å². The van der Waals surface area contributed by atoms with Crippen LogP contribution in [0.5, 0.6) is 0 Å². The molecular formula is C17H22N2S. The van der Waals surface area contributed by atoms with Gasteiger partial charge < -0.3 is 0 Å². The maximum atomic E-state index is 4.83. The number of para-hydroxylation sites is 2. The second-order valence-electron chi connectivity index (χ2n) is 4.91. The highest BCUT2D eigenvalue weighted by Gasteiger charge is 2.13. The van der Waals surface area contributed by atoms with E-state index in [0.717, 1.165) is 35.0 Å². The number of benzene rings is 1. The number of rotatable bonds is 6. The number of fused-ring (bicyclic) bond motifs is 1. The van der Waals surface area contributed by atoms with Crippen LogP contribution in [0.1, 0.15) is 39.0 Å². The summed E-state index contributed by atoms with van der Waals surface area (Å²) in [5.74, 6) is 0.906. The minimum Gasteiger partial charge on any atom is -0.255 e. The standard InChI is InChI=1S/C17H22N2S/c1-3-5-6-9-14-13-17(20-12-4-2)19-16-11-8-7-10-15(16)18-14/h4,7-8,10-11H,2-3,5-6,9,12-13H2,1H3. The van der Waals surface area contributed by atoms with Crippen LogP contribution in [0.3, 0.4) is 0 Å². The number of nitrogens with zero attached hydrogens (tertiary/aromatic N) is 2. The minimum absolute atomic E-state index is 0.886. The molecule has 0 saturated heterocycles. The molecule has 0 aromatic heterocycles. The Labute approximate surface area is 126 Å². The molecule has 1 aliphatic heterocycles. The largest absolute Gasteiger partial charge is 0.255 e. The van der Waals surface area contributed by atoms with Crippen molar-refractivity contribution in [2.45, 2.75) is 39.0 Å². The molecule has 0 amide bonds. The Balaban J connectivity index is 2.20. The lowest BCUT2D eigenvalue weighted by atomic mass is 10.1. The predicted octanol–water partition coefficient (Wildman–Crippen LogP) is 5.69. The molecule has 0 unspecified atom stereocenters. The van der Waals surface area contributed by atoms with E-state index in [9.17, 15) is 0 Å². The van der Waals surface area contributed by atoms with Gasteiger partial charge in [-0.25, -0.2) is 4.99 Å².